The zero-order chi connectivity index (χ0) is 14.8. The molecule has 1 aromatic heterocycles. The fourth-order valence-corrected chi connectivity index (χ4v) is 3.91. The third kappa shape index (κ3) is 4.02. The molecule has 2 atom stereocenters. The van der Waals surface area contributed by atoms with Crippen molar-refractivity contribution in [2.75, 3.05) is 13.2 Å². The average Bonchev–Trinajstić information content (AvgIpc) is 2.97. The van der Waals surface area contributed by atoms with Gasteiger partial charge in [-0.1, -0.05) is 0 Å². The van der Waals surface area contributed by atoms with Crippen LogP contribution in [0.25, 0.3) is 0 Å². The Balaban J connectivity index is 1.89. The zero-order valence-corrected chi connectivity index (χ0v) is 12.8. The summed E-state index contributed by atoms with van der Waals surface area (Å²) >= 11 is 1.03. The highest BCUT2D eigenvalue weighted by atomic mass is 32.2. The van der Waals surface area contributed by atoms with E-state index in [4.69, 9.17) is 9.88 Å². The lowest BCUT2D eigenvalue weighted by Gasteiger charge is -2.18. The van der Waals surface area contributed by atoms with Crippen molar-refractivity contribution < 1.29 is 17.9 Å². The number of sulfonamides is 1. The summed E-state index contributed by atoms with van der Waals surface area (Å²) in [5.41, 5.74) is 0. The summed E-state index contributed by atoms with van der Waals surface area (Å²) in [5, 5.41) is 7.96. The average molecular weight is 318 g/mol. The van der Waals surface area contributed by atoms with Gasteiger partial charge in [0.2, 0.25) is 15.9 Å². The molecule has 8 heteroatoms. The molecule has 0 radical (unpaired) electrons. The molecule has 6 nitrogen and oxygen atoms in total. The van der Waals surface area contributed by atoms with Gasteiger partial charge in [-0.05, 0) is 25.5 Å². The fourth-order valence-electron chi connectivity index (χ4n) is 2.13. The third-order valence-electron chi connectivity index (χ3n) is 3.31. The van der Waals surface area contributed by atoms with Crippen molar-refractivity contribution >= 4 is 27.3 Å². The molecule has 2 rings (SSSR count). The van der Waals surface area contributed by atoms with Crippen molar-refractivity contribution in [2.24, 2.45) is 11.1 Å². The highest BCUT2D eigenvalue weighted by molar-refractivity contribution is 7.91. The number of rotatable bonds is 5. The van der Waals surface area contributed by atoms with E-state index in [1.165, 1.54) is 6.07 Å². The molecule has 1 aliphatic rings. The summed E-state index contributed by atoms with van der Waals surface area (Å²) in [6.45, 7) is 3.38. The Bertz CT molecular complexity index is 576. The van der Waals surface area contributed by atoms with Crippen LogP contribution in [0.4, 0.5) is 0 Å². The standard InChI is InChI=1S/C12H18N2O4S2/c1-8(9-4-5-18-7-9)14-11(15)6-10-2-3-12(19-10)20(13,16)17/h2-3,8-9H,4-7H2,1H3,(H,14,15)(H2,13,16,17). The minimum Gasteiger partial charge on any atom is -0.381 e. The van der Waals surface area contributed by atoms with Gasteiger partial charge in [0.1, 0.15) is 4.21 Å². The molecule has 0 aliphatic carbocycles. The van der Waals surface area contributed by atoms with Gasteiger partial charge >= 0.3 is 0 Å². The van der Waals surface area contributed by atoms with Gasteiger partial charge in [-0.25, -0.2) is 13.6 Å². The van der Waals surface area contributed by atoms with Crippen molar-refractivity contribution in [1.82, 2.24) is 5.32 Å². The van der Waals surface area contributed by atoms with E-state index in [1.54, 1.807) is 6.07 Å². The zero-order valence-electron chi connectivity index (χ0n) is 11.2. The van der Waals surface area contributed by atoms with Crippen molar-refractivity contribution in [3.8, 4) is 0 Å². The van der Waals surface area contributed by atoms with Crippen molar-refractivity contribution in [2.45, 2.75) is 30.0 Å². The molecule has 1 saturated heterocycles. The first kappa shape index (κ1) is 15.4. The summed E-state index contributed by atoms with van der Waals surface area (Å²) in [4.78, 5) is 12.6. The SMILES string of the molecule is CC(NC(=O)Cc1ccc(S(N)(=O)=O)s1)C1CCOC1. The highest BCUT2D eigenvalue weighted by Crippen LogP contribution is 2.21. The van der Waals surface area contributed by atoms with Crippen LogP contribution in [0.5, 0.6) is 0 Å². The molecular weight excluding hydrogens is 300 g/mol. The van der Waals surface area contributed by atoms with Crippen LogP contribution in [0.15, 0.2) is 16.3 Å². The van der Waals surface area contributed by atoms with Crippen LogP contribution in [-0.4, -0.2) is 33.6 Å². The number of hydrogen-bond donors (Lipinski definition) is 2. The molecule has 2 heterocycles. The van der Waals surface area contributed by atoms with Crippen LogP contribution in [0.3, 0.4) is 0 Å². The van der Waals surface area contributed by atoms with Crippen LogP contribution < -0.4 is 10.5 Å². The van der Waals surface area contributed by atoms with Crippen LogP contribution in [0.2, 0.25) is 0 Å². The molecule has 1 fully saturated rings. The van der Waals surface area contributed by atoms with Gasteiger partial charge in [0.05, 0.1) is 13.0 Å². The normalized spacial score (nSPS) is 20.8. The summed E-state index contributed by atoms with van der Waals surface area (Å²) < 4.78 is 27.7. The predicted molar refractivity (Wildman–Crippen MR) is 75.9 cm³/mol. The monoisotopic (exact) mass is 318 g/mol. The number of hydrogen-bond acceptors (Lipinski definition) is 5. The summed E-state index contributed by atoms with van der Waals surface area (Å²) in [7, 11) is -3.68. The van der Waals surface area contributed by atoms with Gasteiger partial charge in [0.25, 0.3) is 0 Å². The number of nitrogens with one attached hydrogen (secondary N) is 1. The quantitative estimate of drug-likeness (QED) is 0.825. The second kappa shape index (κ2) is 6.21. The molecule has 2 unspecified atom stereocenters. The maximum absolute atomic E-state index is 11.9. The van der Waals surface area contributed by atoms with Crippen molar-refractivity contribution in [1.29, 1.82) is 0 Å². The van der Waals surface area contributed by atoms with E-state index < -0.39 is 10.0 Å². The van der Waals surface area contributed by atoms with Gasteiger partial charge < -0.3 is 10.1 Å². The van der Waals surface area contributed by atoms with E-state index in [-0.39, 0.29) is 22.6 Å². The molecule has 0 spiro atoms. The first-order valence-electron chi connectivity index (χ1n) is 6.35. The van der Waals surface area contributed by atoms with E-state index in [2.05, 4.69) is 5.32 Å². The Kier molecular flexibility index (Phi) is 4.79. The number of primary sulfonamides is 1. The van der Waals surface area contributed by atoms with Crippen LogP contribution in [0, 0.1) is 5.92 Å². The van der Waals surface area contributed by atoms with Crippen LogP contribution in [-0.2, 0) is 26.0 Å². The molecule has 0 bridgehead atoms. The maximum atomic E-state index is 11.9. The van der Waals surface area contributed by atoms with E-state index in [0.717, 1.165) is 24.4 Å². The maximum Gasteiger partial charge on any atom is 0.247 e. The second-order valence-corrected chi connectivity index (χ2v) is 7.88. The number of ether oxygens (including phenoxy) is 1. The minimum absolute atomic E-state index is 0.0580. The van der Waals surface area contributed by atoms with E-state index in [1.807, 2.05) is 6.92 Å². The number of thiophene rings is 1. The largest absolute Gasteiger partial charge is 0.381 e. The van der Waals surface area contributed by atoms with Gasteiger partial charge in [0, 0.05) is 23.4 Å². The van der Waals surface area contributed by atoms with E-state index in [0.29, 0.717) is 17.4 Å². The lowest BCUT2D eigenvalue weighted by molar-refractivity contribution is -0.121. The number of carbonyl (C=O) groups excluding carboxylic acids is 1. The Morgan fingerprint density at radius 3 is 2.90 bits per heavy atom. The first-order valence-corrected chi connectivity index (χ1v) is 8.71. The molecule has 1 amide bonds. The lowest BCUT2D eigenvalue weighted by atomic mass is 10.0. The highest BCUT2D eigenvalue weighted by Gasteiger charge is 2.23. The molecule has 1 aliphatic heterocycles. The molecular formula is C12H18N2O4S2. The van der Waals surface area contributed by atoms with Crippen LogP contribution in [0.1, 0.15) is 18.2 Å². The summed E-state index contributed by atoms with van der Waals surface area (Å²) in [6.07, 6.45) is 1.12. The molecule has 1 aromatic rings. The summed E-state index contributed by atoms with van der Waals surface area (Å²) in [6, 6.07) is 3.10. The van der Waals surface area contributed by atoms with Crippen molar-refractivity contribution in [3.05, 3.63) is 17.0 Å². The third-order valence-corrected chi connectivity index (χ3v) is 5.84. The molecule has 112 valence electrons. The van der Waals surface area contributed by atoms with E-state index >= 15 is 0 Å². The van der Waals surface area contributed by atoms with Crippen LogP contribution >= 0.6 is 11.3 Å². The number of nitrogens with two attached hydrogens (primary N) is 1. The Hall–Kier alpha value is -0.960. The van der Waals surface area contributed by atoms with E-state index in [9.17, 15) is 13.2 Å². The topological polar surface area (TPSA) is 98.5 Å². The van der Waals surface area contributed by atoms with Gasteiger partial charge in [-0.15, -0.1) is 11.3 Å². The van der Waals surface area contributed by atoms with Gasteiger partial charge in [0.15, 0.2) is 0 Å². The predicted octanol–water partition coefficient (Wildman–Crippen LogP) is 0.479. The Morgan fingerprint density at radius 2 is 2.35 bits per heavy atom. The Morgan fingerprint density at radius 1 is 1.60 bits per heavy atom. The second-order valence-electron chi connectivity index (χ2n) is 4.92. The summed E-state index contributed by atoms with van der Waals surface area (Å²) in [5.74, 6) is 0.231. The number of amides is 1. The number of carbonyl (C=O) groups is 1. The van der Waals surface area contributed by atoms with Crippen molar-refractivity contribution in [3.63, 3.8) is 0 Å². The fraction of sp³-hybridized carbons (Fsp3) is 0.583. The first-order chi connectivity index (χ1) is 9.36. The molecule has 3 N–H and O–H groups in total. The molecule has 20 heavy (non-hydrogen) atoms. The van der Waals surface area contributed by atoms with Gasteiger partial charge in [-0.2, -0.15) is 0 Å². The molecule has 0 saturated carbocycles. The lowest BCUT2D eigenvalue weighted by Crippen LogP contribution is -2.39. The smallest absolute Gasteiger partial charge is 0.247 e. The Labute approximate surface area is 122 Å². The minimum atomic E-state index is -3.68. The molecule has 0 aromatic carbocycles. The van der Waals surface area contributed by atoms with Gasteiger partial charge in [-0.3, -0.25) is 4.79 Å².